The van der Waals surface area contributed by atoms with E-state index in [-0.39, 0.29) is 53.1 Å². The Bertz CT molecular complexity index is 1360. The predicted octanol–water partition coefficient (Wildman–Crippen LogP) is 1.76. The number of rotatable bonds is 9. The summed E-state index contributed by atoms with van der Waals surface area (Å²) in [5.41, 5.74) is -1.30. The van der Waals surface area contributed by atoms with E-state index in [1.54, 1.807) is 0 Å². The lowest BCUT2D eigenvalue weighted by molar-refractivity contribution is -0.346. The molecule has 2 saturated heterocycles. The molecule has 0 radical (unpaired) electrons. The minimum atomic E-state index is -1.66. The van der Waals surface area contributed by atoms with Crippen LogP contribution in [0.5, 0.6) is 0 Å². The second kappa shape index (κ2) is 15.1. The monoisotopic (exact) mass is 770 g/mol. The van der Waals surface area contributed by atoms with Crippen LogP contribution < -0.4 is 0 Å². The molecule has 9 N–H and O–H groups in total. The van der Waals surface area contributed by atoms with Gasteiger partial charge in [0.05, 0.1) is 37.1 Å². The fourth-order valence-corrected chi connectivity index (χ4v) is 13.1. The highest BCUT2D eigenvalue weighted by Gasteiger charge is 2.73. The van der Waals surface area contributed by atoms with E-state index in [0.29, 0.717) is 32.1 Å². The Morgan fingerprint density at radius 2 is 1.44 bits per heavy atom. The first-order valence-electron chi connectivity index (χ1n) is 20.4. The molecule has 20 atom stereocenters. The molecule has 4 saturated carbocycles. The molecule has 54 heavy (non-hydrogen) atoms. The van der Waals surface area contributed by atoms with Crippen molar-refractivity contribution in [3.63, 3.8) is 0 Å². The van der Waals surface area contributed by atoms with Gasteiger partial charge in [0.15, 0.2) is 12.6 Å². The first-order chi connectivity index (χ1) is 25.0. The van der Waals surface area contributed by atoms with Gasteiger partial charge in [0.2, 0.25) is 0 Å². The molecule has 6 rings (SSSR count). The van der Waals surface area contributed by atoms with E-state index in [4.69, 9.17) is 18.9 Å². The Labute approximate surface area is 320 Å². The van der Waals surface area contributed by atoms with Crippen molar-refractivity contribution in [1.82, 2.24) is 0 Å². The van der Waals surface area contributed by atoms with Crippen molar-refractivity contribution >= 4 is 0 Å². The number of aliphatic hydroxyl groups excluding tert-OH is 9. The summed E-state index contributed by atoms with van der Waals surface area (Å²) in [6, 6.07) is 0. The second-order valence-electron chi connectivity index (χ2n) is 19.8. The van der Waals surface area contributed by atoms with Gasteiger partial charge in [0.25, 0.3) is 0 Å². The highest BCUT2D eigenvalue weighted by Crippen LogP contribution is 2.76. The van der Waals surface area contributed by atoms with Crippen LogP contribution in [0.25, 0.3) is 0 Å². The van der Waals surface area contributed by atoms with Gasteiger partial charge in [-0.15, -0.1) is 0 Å². The fourth-order valence-electron chi connectivity index (χ4n) is 13.1. The lowest BCUT2D eigenvalue weighted by Crippen LogP contribution is -2.70. The molecule has 13 nitrogen and oxygen atoms in total. The Morgan fingerprint density at radius 1 is 0.778 bits per heavy atom. The summed E-state index contributed by atoms with van der Waals surface area (Å²) in [4.78, 5) is 0. The van der Waals surface area contributed by atoms with Gasteiger partial charge in [0.1, 0.15) is 42.7 Å². The number of fused-ring (bicyclic) bond motifs is 5. The van der Waals surface area contributed by atoms with Crippen molar-refractivity contribution in [3.8, 4) is 0 Å². The molecule has 2 heterocycles. The molecule has 13 heteroatoms. The zero-order valence-corrected chi connectivity index (χ0v) is 33.5. The number of ether oxygens (including phenoxy) is 4. The van der Waals surface area contributed by atoms with Crippen molar-refractivity contribution in [2.75, 3.05) is 13.2 Å². The molecule has 0 unspecified atom stereocenters. The Hall–Kier alpha value is -0.780. The third kappa shape index (κ3) is 6.86. The van der Waals surface area contributed by atoms with Crippen LogP contribution in [0.2, 0.25) is 0 Å². The zero-order chi connectivity index (χ0) is 39.9. The fraction of sp³-hybridized carbons (Fsp3) is 0.951. The van der Waals surface area contributed by atoms with Crippen LogP contribution in [0.3, 0.4) is 0 Å². The third-order valence-corrected chi connectivity index (χ3v) is 16.2. The van der Waals surface area contributed by atoms with Crippen molar-refractivity contribution in [2.24, 2.45) is 45.3 Å². The molecular weight excluding hydrogens is 700 g/mol. The summed E-state index contributed by atoms with van der Waals surface area (Å²) in [5.74, 6) is -0.398. The summed E-state index contributed by atoms with van der Waals surface area (Å²) in [6.45, 7) is 16.4. The van der Waals surface area contributed by atoms with Crippen LogP contribution in [0.4, 0.5) is 0 Å². The van der Waals surface area contributed by atoms with Gasteiger partial charge in [-0.05, 0) is 117 Å². The van der Waals surface area contributed by atoms with Crippen LogP contribution in [-0.4, -0.2) is 138 Å². The summed E-state index contributed by atoms with van der Waals surface area (Å²) in [7, 11) is 0. The van der Waals surface area contributed by atoms with Gasteiger partial charge in [-0.3, -0.25) is 0 Å². The molecule has 2 aliphatic heterocycles. The molecule has 4 aliphatic carbocycles. The van der Waals surface area contributed by atoms with Crippen LogP contribution in [0.15, 0.2) is 11.6 Å². The SMILES string of the molecule is CC(C)=CCC[C@](C)(O[C@@H]1O[C@H](CO[C@@H]2OC[C@@H](O)[C@@H](O)[C@@H]2O)[C@@H](O)[C@H](O)[C@H]1O)[C@@H]1CC[C@]2(C)[C@H]1[C@H](O)C[C@@H]1[C@@]3(C)CC[C@H](O)C(C)(C)[C@H]3[C@@H](O)C[C@]12C. The van der Waals surface area contributed by atoms with Crippen molar-refractivity contribution in [1.29, 1.82) is 0 Å². The lowest BCUT2D eigenvalue weighted by atomic mass is 9.34. The summed E-state index contributed by atoms with van der Waals surface area (Å²) in [5, 5.41) is 99.1. The van der Waals surface area contributed by atoms with Gasteiger partial charge >= 0.3 is 0 Å². The average molecular weight is 771 g/mol. The second-order valence-corrected chi connectivity index (χ2v) is 19.8. The van der Waals surface area contributed by atoms with Gasteiger partial charge in [-0.1, -0.05) is 46.3 Å². The van der Waals surface area contributed by atoms with Crippen LogP contribution in [0, 0.1) is 45.3 Å². The Balaban J connectivity index is 1.27. The van der Waals surface area contributed by atoms with Gasteiger partial charge in [0, 0.05) is 0 Å². The molecule has 0 amide bonds. The van der Waals surface area contributed by atoms with Gasteiger partial charge in [-0.2, -0.15) is 0 Å². The zero-order valence-electron chi connectivity index (χ0n) is 33.5. The number of allylic oxidation sites excluding steroid dienone is 2. The summed E-state index contributed by atoms with van der Waals surface area (Å²) >= 11 is 0. The van der Waals surface area contributed by atoms with Crippen LogP contribution in [-0.2, 0) is 18.9 Å². The molecule has 6 aliphatic rings. The first kappa shape index (κ1) is 42.8. The summed E-state index contributed by atoms with van der Waals surface area (Å²) < 4.78 is 24.0. The Kier molecular flexibility index (Phi) is 12.0. The minimum Gasteiger partial charge on any atom is -0.393 e. The smallest absolute Gasteiger partial charge is 0.187 e. The van der Waals surface area contributed by atoms with E-state index in [0.717, 1.165) is 24.8 Å². The number of hydrogen-bond donors (Lipinski definition) is 9. The molecule has 0 aromatic heterocycles. The lowest BCUT2D eigenvalue weighted by Gasteiger charge is -2.71. The minimum absolute atomic E-state index is 0.109. The molecule has 0 aromatic carbocycles. The van der Waals surface area contributed by atoms with E-state index in [2.05, 4.69) is 40.7 Å². The van der Waals surface area contributed by atoms with E-state index < -0.39 is 84.6 Å². The van der Waals surface area contributed by atoms with E-state index >= 15 is 0 Å². The largest absolute Gasteiger partial charge is 0.393 e. The number of aliphatic hydroxyl groups is 9. The maximum Gasteiger partial charge on any atom is 0.187 e. The summed E-state index contributed by atoms with van der Waals surface area (Å²) in [6.07, 6.45) is -7.53. The average Bonchev–Trinajstić information content (AvgIpc) is 3.47. The van der Waals surface area contributed by atoms with Crippen molar-refractivity contribution in [3.05, 3.63) is 11.6 Å². The van der Waals surface area contributed by atoms with Crippen molar-refractivity contribution < 1.29 is 64.9 Å². The molecule has 0 bridgehead atoms. The molecule has 312 valence electrons. The van der Waals surface area contributed by atoms with Crippen LogP contribution >= 0.6 is 0 Å². The highest BCUT2D eigenvalue weighted by atomic mass is 16.7. The standard InChI is InChI=1S/C41H70O13/c1-20(2)10-9-13-41(8,54-36-33(50)31(48)30(47)25(53-36)19-52-35-32(49)29(46)24(44)18-51-35)21-11-15-39(6)28(21)22(42)16-26-38(5)14-12-27(45)37(3,4)34(38)23(43)17-40(26,39)7/h10,21-36,42-50H,9,11-19H2,1-8H3/t21-,22-,23+,24-,25-,26-,27+,28-,29-,30-,31+,32+,33-,34-,35+,36+,38-,39-,40-,41+/m1/s1. The first-order valence-corrected chi connectivity index (χ1v) is 20.4. The van der Waals surface area contributed by atoms with Gasteiger partial charge in [-0.25, -0.2) is 0 Å². The van der Waals surface area contributed by atoms with E-state index in [9.17, 15) is 46.0 Å². The maximum atomic E-state index is 12.4. The van der Waals surface area contributed by atoms with Gasteiger partial charge < -0.3 is 64.9 Å². The molecule has 0 spiro atoms. The Morgan fingerprint density at radius 3 is 2.11 bits per heavy atom. The molecule has 0 aromatic rings. The van der Waals surface area contributed by atoms with E-state index in [1.165, 1.54) is 0 Å². The quantitative estimate of drug-likeness (QED) is 0.153. The molecular formula is C41H70O13. The predicted molar refractivity (Wildman–Crippen MR) is 196 cm³/mol. The van der Waals surface area contributed by atoms with Crippen molar-refractivity contribution in [2.45, 2.75) is 186 Å². The maximum absolute atomic E-state index is 12.4. The highest BCUT2D eigenvalue weighted by molar-refractivity contribution is 5.22. The molecule has 6 fully saturated rings. The number of hydrogen-bond acceptors (Lipinski definition) is 13. The topological polar surface area (TPSA) is 219 Å². The normalized spacial score (nSPS) is 52.8. The third-order valence-electron chi connectivity index (χ3n) is 16.2. The van der Waals surface area contributed by atoms with E-state index in [1.807, 2.05) is 20.8 Å². The van der Waals surface area contributed by atoms with Crippen LogP contribution in [0.1, 0.15) is 107 Å².